The van der Waals surface area contributed by atoms with E-state index >= 15 is 0 Å². The lowest BCUT2D eigenvalue weighted by Gasteiger charge is -1.96. The summed E-state index contributed by atoms with van der Waals surface area (Å²) in [6.07, 6.45) is 15.4. The van der Waals surface area contributed by atoms with Crippen LogP contribution in [0.25, 0.3) is 0 Å². The van der Waals surface area contributed by atoms with Gasteiger partial charge in [0.2, 0.25) is 0 Å². The summed E-state index contributed by atoms with van der Waals surface area (Å²) in [5.74, 6) is 0. The summed E-state index contributed by atoms with van der Waals surface area (Å²) in [5, 5.41) is 0. The van der Waals surface area contributed by atoms with Gasteiger partial charge in [-0.25, -0.2) is 0 Å². The van der Waals surface area contributed by atoms with Crippen molar-refractivity contribution in [2.45, 2.75) is 46.5 Å². The van der Waals surface area contributed by atoms with E-state index in [4.69, 9.17) is 0 Å². The molecule has 0 fully saturated rings. The Labute approximate surface area is 95.1 Å². The van der Waals surface area contributed by atoms with Crippen LogP contribution >= 0.6 is 0 Å². The van der Waals surface area contributed by atoms with Gasteiger partial charge in [-0.1, -0.05) is 61.4 Å². The van der Waals surface area contributed by atoms with Crippen LogP contribution in [0, 0.1) is 0 Å². The molecule has 0 bridgehead atoms. The highest BCUT2D eigenvalue weighted by Gasteiger charge is 1.87. The highest BCUT2D eigenvalue weighted by atomic mass is 13.9. The maximum absolute atomic E-state index is 4.01. The van der Waals surface area contributed by atoms with Crippen LogP contribution in [0.3, 0.4) is 0 Å². The van der Waals surface area contributed by atoms with Crippen molar-refractivity contribution in [3.63, 3.8) is 0 Å². The average molecular weight is 204 g/mol. The lowest BCUT2D eigenvalue weighted by molar-refractivity contribution is 0.958. The Morgan fingerprint density at radius 2 is 1.67 bits per heavy atom. The van der Waals surface area contributed by atoms with Crippen molar-refractivity contribution in [1.29, 1.82) is 0 Å². The fraction of sp³-hybridized carbons (Fsp3) is 0.467. The zero-order chi connectivity index (χ0) is 11.5. The van der Waals surface area contributed by atoms with Crippen LogP contribution in [0.4, 0.5) is 0 Å². The molecule has 0 amide bonds. The maximum atomic E-state index is 4.01. The predicted molar refractivity (Wildman–Crippen MR) is 71.0 cm³/mol. The first-order chi connectivity index (χ1) is 7.16. The minimum Gasteiger partial charge on any atom is -0.0958 e. The Bertz CT molecular complexity index is 247. The highest BCUT2D eigenvalue weighted by molar-refractivity contribution is 5.18. The first-order valence-electron chi connectivity index (χ1n) is 5.81. The van der Waals surface area contributed by atoms with Crippen LogP contribution in [-0.4, -0.2) is 0 Å². The molecular weight excluding hydrogens is 180 g/mol. The molecule has 0 unspecified atom stereocenters. The minimum absolute atomic E-state index is 1.06. The fourth-order valence-electron chi connectivity index (χ4n) is 1.27. The molecule has 0 aliphatic carbocycles. The maximum Gasteiger partial charge on any atom is -0.0250 e. The molecule has 0 heterocycles. The zero-order valence-corrected chi connectivity index (χ0v) is 10.4. The number of hydrogen-bond donors (Lipinski definition) is 0. The van der Waals surface area contributed by atoms with E-state index in [0.717, 1.165) is 12.8 Å². The molecule has 0 radical (unpaired) electrons. The molecule has 0 rings (SSSR count). The second-order valence-corrected chi connectivity index (χ2v) is 4.06. The van der Waals surface area contributed by atoms with Gasteiger partial charge in [0.05, 0.1) is 0 Å². The van der Waals surface area contributed by atoms with E-state index in [1.54, 1.807) is 0 Å². The summed E-state index contributed by atoms with van der Waals surface area (Å²) in [4.78, 5) is 0. The molecule has 15 heavy (non-hydrogen) atoms. The standard InChI is InChI=1S/C15H24/c1-5-6-7-8-9-10-11-12-15(4)13-14(2)3/h7-10,13H,4-6,11-12H2,1-3H3. The van der Waals surface area contributed by atoms with E-state index in [1.807, 2.05) is 0 Å². The van der Waals surface area contributed by atoms with E-state index in [1.165, 1.54) is 24.0 Å². The normalized spacial score (nSPS) is 11.1. The SMILES string of the molecule is C=C(C=C(C)C)CCC=CC=CCCC. The van der Waals surface area contributed by atoms with Gasteiger partial charge in [-0.2, -0.15) is 0 Å². The predicted octanol–water partition coefficient (Wildman–Crippen LogP) is 5.20. The molecule has 0 nitrogen and oxygen atoms in total. The van der Waals surface area contributed by atoms with Gasteiger partial charge in [-0.15, -0.1) is 0 Å². The average Bonchev–Trinajstić information content (AvgIpc) is 2.15. The summed E-state index contributed by atoms with van der Waals surface area (Å²) >= 11 is 0. The number of hydrogen-bond acceptors (Lipinski definition) is 0. The minimum atomic E-state index is 1.06. The van der Waals surface area contributed by atoms with Crippen molar-refractivity contribution in [1.82, 2.24) is 0 Å². The van der Waals surface area contributed by atoms with Crippen LogP contribution < -0.4 is 0 Å². The Morgan fingerprint density at radius 1 is 1.07 bits per heavy atom. The first-order valence-corrected chi connectivity index (χ1v) is 5.81. The quantitative estimate of drug-likeness (QED) is 0.500. The highest BCUT2D eigenvalue weighted by Crippen LogP contribution is 2.07. The van der Waals surface area contributed by atoms with Crippen molar-refractivity contribution in [3.8, 4) is 0 Å². The lowest BCUT2D eigenvalue weighted by Crippen LogP contribution is -1.76. The third kappa shape index (κ3) is 10.9. The van der Waals surface area contributed by atoms with Gasteiger partial charge in [-0.3, -0.25) is 0 Å². The third-order valence-electron chi connectivity index (χ3n) is 1.96. The van der Waals surface area contributed by atoms with Crippen molar-refractivity contribution >= 4 is 0 Å². The monoisotopic (exact) mass is 204 g/mol. The number of rotatable bonds is 7. The van der Waals surface area contributed by atoms with Crippen LogP contribution in [0.5, 0.6) is 0 Å². The van der Waals surface area contributed by atoms with Gasteiger partial charge >= 0.3 is 0 Å². The zero-order valence-electron chi connectivity index (χ0n) is 10.4. The Balaban J connectivity index is 3.61. The molecule has 0 aromatic heterocycles. The fourth-order valence-corrected chi connectivity index (χ4v) is 1.27. The molecule has 0 N–H and O–H groups in total. The van der Waals surface area contributed by atoms with Gasteiger partial charge in [0.15, 0.2) is 0 Å². The molecule has 0 heteroatoms. The van der Waals surface area contributed by atoms with Crippen LogP contribution in [-0.2, 0) is 0 Å². The Kier molecular flexibility index (Phi) is 8.85. The summed E-state index contributed by atoms with van der Waals surface area (Å²) in [7, 11) is 0. The summed E-state index contributed by atoms with van der Waals surface area (Å²) in [6, 6.07) is 0. The molecule has 0 aliphatic heterocycles. The number of allylic oxidation sites excluding steroid dienone is 7. The van der Waals surface area contributed by atoms with Crippen LogP contribution in [0.1, 0.15) is 46.5 Å². The summed E-state index contributed by atoms with van der Waals surface area (Å²) in [5.41, 5.74) is 2.55. The number of unbranched alkanes of at least 4 members (excludes halogenated alkanes) is 1. The Hall–Kier alpha value is -1.04. The van der Waals surface area contributed by atoms with Crippen molar-refractivity contribution in [3.05, 3.63) is 48.1 Å². The van der Waals surface area contributed by atoms with Gasteiger partial charge in [-0.05, 0) is 33.1 Å². The van der Waals surface area contributed by atoms with E-state index in [2.05, 4.69) is 57.7 Å². The van der Waals surface area contributed by atoms with Gasteiger partial charge in [0.25, 0.3) is 0 Å². The van der Waals surface area contributed by atoms with E-state index in [-0.39, 0.29) is 0 Å². The van der Waals surface area contributed by atoms with Crippen molar-refractivity contribution in [2.75, 3.05) is 0 Å². The van der Waals surface area contributed by atoms with E-state index < -0.39 is 0 Å². The molecule has 0 spiro atoms. The van der Waals surface area contributed by atoms with E-state index in [9.17, 15) is 0 Å². The second kappa shape index (κ2) is 9.51. The van der Waals surface area contributed by atoms with Gasteiger partial charge < -0.3 is 0 Å². The molecule has 0 atom stereocenters. The first kappa shape index (κ1) is 14.0. The summed E-state index contributed by atoms with van der Waals surface area (Å²) < 4.78 is 0. The smallest absolute Gasteiger partial charge is 0.0250 e. The van der Waals surface area contributed by atoms with Gasteiger partial charge in [0.1, 0.15) is 0 Å². The molecule has 84 valence electrons. The second-order valence-electron chi connectivity index (χ2n) is 4.06. The molecule has 0 saturated carbocycles. The lowest BCUT2D eigenvalue weighted by atomic mass is 10.1. The summed E-state index contributed by atoms with van der Waals surface area (Å²) in [6.45, 7) is 10.4. The van der Waals surface area contributed by atoms with Gasteiger partial charge in [0, 0.05) is 0 Å². The largest absolute Gasteiger partial charge is 0.0958 e. The molecule has 0 aromatic carbocycles. The van der Waals surface area contributed by atoms with E-state index in [0.29, 0.717) is 0 Å². The topological polar surface area (TPSA) is 0 Å². The van der Waals surface area contributed by atoms with Crippen LogP contribution in [0.2, 0.25) is 0 Å². The molecular formula is C15H24. The Morgan fingerprint density at radius 3 is 2.20 bits per heavy atom. The van der Waals surface area contributed by atoms with Crippen molar-refractivity contribution < 1.29 is 0 Å². The molecule has 0 aliphatic rings. The third-order valence-corrected chi connectivity index (χ3v) is 1.96. The van der Waals surface area contributed by atoms with Crippen LogP contribution in [0.15, 0.2) is 48.1 Å². The van der Waals surface area contributed by atoms with Crippen molar-refractivity contribution in [2.24, 2.45) is 0 Å². The molecule has 0 saturated heterocycles. The molecule has 0 aromatic rings.